The van der Waals surface area contributed by atoms with E-state index in [1.807, 2.05) is 12.1 Å². The third-order valence-corrected chi connectivity index (χ3v) is 3.80. The fraction of sp³-hybridized carbons (Fsp3) is 0.538. The summed E-state index contributed by atoms with van der Waals surface area (Å²) in [6, 6.07) is 5.86. The number of benzene rings is 1. The van der Waals surface area contributed by atoms with Crippen molar-refractivity contribution in [3.8, 4) is 0 Å². The summed E-state index contributed by atoms with van der Waals surface area (Å²) >= 11 is 3.20. The highest BCUT2D eigenvalue weighted by Gasteiger charge is 2.27. The van der Waals surface area contributed by atoms with E-state index in [4.69, 9.17) is 0 Å². The van der Waals surface area contributed by atoms with Crippen LogP contribution in [0.15, 0.2) is 22.7 Å². The van der Waals surface area contributed by atoms with E-state index in [2.05, 4.69) is 28.2 Å². The second-order valence-electron chi connectivity index (χ2n) is 4.58. The Morgan fingerprint density at radius 3 is 2.88 bits per heavy atom. The summed E-state index contributed by atoms with van der Waals surface area (Å²) in [5, 5.41) is 3.52. The Hall–Kier alpha value is -0.410. The van der Waals surface area contributed by atoms with Crippen molar-refractivity contribution in [3.63, 3.8) is 0 Å². The fourth-order valence-electron chi connectivity index (χ4n) is 1.90. The van der Waals surface area contributed by atoms with Gasteiger partial charge < -0.3 is 5.32 Å². The highest BCUT2D eigenvalue weighted by molar-refractivity contribution is 9.10. The molecule has 0 heterocycles. The maximum absolute atomic E-state index is 13.0. The Balaban J connectivity index is 1.78. The van der Waals surface area contributed by atoms with E-state index < -0.39 is 0 Å². The van der Waals surface area contributed by atoms with Crippen LogP contribution >= 0.6 is 15.9 Å². The van der Waals surface area contributed by atoms with Crippen LogP contribution in [0.1, 0.15) is 25.3 Å². The quantitative estimate of drug-likeness (QED) is 0.873. The van der Waals surface area contributed by atoms with Gasteiger partial charge >= 0.3 is 0 Å². The molecule has 1 N–H and O–H groups in total. The van der Waals surface area contributed by atoms with Gasteiger partial charge in [-0.2, -0.15) is 0 Å². The minimum atomic E-state index is -0.192. The first-order chi connectivity index (χ1) is 7.66. The zero-order valence-electron chi connectivity index (χ0n) is 9.47. The van der Waals surface area contributed by atoms with Crippen LogP contribution in [-0.4, -0.2) is 12.6 Å². The van der Waals surface area contributed by atoms with Gasteiger partial charge in [-0.1, -0.05) is 6.07 Å². The molecule has 1 aromatic carbocycles. The minimum Gasteiger partial charge on any atom is -0.314 e. The summed E-state index contributed by atoms with van der Waals surface area (Å²) in [7, 11) is 0. The smallest absolute Gasteiger partial charge is 0.137 e. The van der Waals surface area contributed by atoms with Crippen molar-refractivity contribution < 1.29 is 4.39 Å². The SMILES string of the molecule is CC(NCCc1ccc(F)c(Br)c1)C1CC1. The molecule has 88 valence electrons. The molecule has 1 aliphatic carbocycles. The lowest BCUT2D eigenvalue weighted by molar-refractivity contribution is 0.500. The zero-order chi connectivity index (χ0) is 11.5. The van der Waals surface area contributed by atoms with Crippen LogP contribution in [0.2, 0.25) is 0 Å². The first-order valence-electron chi connectivity index (χ1n) is 5.84. The van der Waals surface area contributed by atoms with Crippen LogP contribution in [0.5, 0.6) is 0 Å². The van der Waals surface area contributed by atoms with E-state index in [1.165, 1.54) is 24.5 Å². The Morgan fingerprint density at radius 2 is 2.25 bits per heavy atom. The van der Waals surface area contributed by atoms with E-state index in [-0.39, 0.29) is 5.82 Å². The monoisotopic (exact) mass is 285 g/mol. The van der Waals surface area contributed by atoms with Gasteiger partial charge in [0.25, 0.3) is 0 Å². The molecule has 0 aromatic heterocycles. The molecule has 1 unspecified atom stereocenters. The maximum atomic E-state index is 13.0. The first kappa shape index (κ1) is 12.1. The average molecular weight is 286 g/mol. The van der Waals surface area contributed by atoms with E-state index in [9.17, 15) is 4.39 Å². The number of rotatable bonds is 5. The first-order valence-corrected chi connectivity index (χ1v) is 6.63. The molecule has 0 saturated heterocycles. The van der Waals surface area contributed by atoms with Gasteiger partial charge in [0.2, 0.25) is 0 Å². The van der Waals surface area contributed by atoms with Crippen LogP contribution in [0.3, 0.4) is 0 Å². The molecule has 1 fully saturated rings. The van der Waals surface area contributed by atoms with Crippen LogP contribution in [-0.2, 0) is 6.42 Å². The molecule has 1 saturated carbocycles. The topological polar surface area (TPSA) is 12.0 Å². The highest BCUT2D eigenvalue weighted by atomic mass is 79.9. The molecule has 1 atom stereocenters. The predicted octanol–water partition coefficient (Wildman–Crippen LogP) is 3.52. The highest BCUT2D eigenvalue weighted by Crippen LogP contribution is 2.32. The summed E-state index contributed by atoms with van der Waals surface area (Å²) < 4.78 is 13.6. The van der Waals surface area contributed by atoms with Crippen molar-refractivity contribution in [2.24, 2.45) is 5.92 Å². The molecule has 1 aromatic rings. The largest absolute Gasteiger partial charge is 0.314 e. The van der Waals surface area contributed by atoms with Gasteiger partial charge in [-0.15, -0.1) is 0 Å². The molecule has 2 rings (SSSR count). The van der Waals surface area contributed by atoms with Crippen molar-refractivity contribution in [2.45, 2.75) is 32.2 Å². The van der Waals surface area contributed by atoms with Crippen LogP contribution < -0.4 is 5.32 Å². The van der Waals surface area contributed by atoms with Crippen LogP contribution in [0, 0.1) is 11.7 Å². The Bertz CT molecular complexity index is 363. The van der Waals surface area contributed by atoms with Gasteiger partial charge in [0.05, 0.1) is 4.47 Å². The van der Waals surface area contributed by atoms with Crippen LogP contribution in [0.25, 0.3) is 0 Å². The molecular weight excluding hydrogens is 269 g/mol. The van der Waals surface area contributed by atoms with Crippen molar-refractivity contribution >= 4 is 15.9 Å². The number of nitrogens with one attached hydrogen (secondary N) is 1. The van der Waals surface area contributed by atoms with E-state index in [0.29, 0.717) is 10.5 Å². The molecule has 16 heavy (non-hydrogen) atoms. The average Bonchev–Trinajstić information content (AvgIpc) is 3.07. The number of hydrogen-bond acceptors (Lipinski definition) is 1. The van der Waals surface area contributed by atoms with Gasteiger partial charge in [0.15, 0.2) is 0 Å². The minimum absolute atomic E-state index is 0.192. The third kappa shape index (κ3) is 3.29. The molecular formula is C13H17BrFN. The van der Waals surface area contributed by atoms with Crippen LogP contribution in [0.4, 0.5) is 4.39 Å². The van der Waals surface area contributed by atoms with Crippen molar-refractivity contribution in [1.29, 1.82) is 0 Å². The molecule has 3 heteroatoms. The Kier molecular flexibility index (Phi) is 3.98. The molecule has 0 amide bonds. The van der Waals surface area contributed by atoms with Crippen molar-refractivity contribution in [2.75, 3.05) is 6.54 Å². The Labute approximate surface area is 105 Å². The second-order valence-corrected chi connectivity index (χ2v) is 5.43. The second kappa shape index (κ2) is 5.28. The predicted molar refractivity (Wildman–Crippen MR) is 68.0 cm³/mol. The summed E-state index contributed by atoms with van der Waals surface area (Å²) in [5.74, 6) is 0.697. The molecule has 0 aliphatic heterocycles. The number of halogens is 2. The summed E-state index contributed by atoms with van der Waals surface area (Å²) in [6.07, 6.45) is 3.70. The lowest BCUT2D eigenvalue weighted by atomic mass is 10.1. The maximum Gasteiger partial charge on any atom is 0.137 e. The molecule has 0 radical (unpaired) electrons. The van der Waals surface area contributed by atoms with Crippen molar-refractivity contribution in [1.82, 2.24) is 5.32 Å². The van der Waals surface area contributed by atoms with Gasteiger partial charge in [0, 0.05) is 6.04 Å². The molecule has 1 aliphatic rings. The van der Waals surface area contributed by atoms with E-state index >= 15 is 0 Å². The Morgan fingerprint density at radius 1 is 1.50 bits per heavy atom. The third-order valence-electron chi connectivity index (χ3n) is 3.19. The van der Waals surface area contributed by atoms with Gasteiger partial charge in [-0.25, -0.2) is 4.39 Å². The van der Waals surface area contributed by atoms with E-state index in [0.717, 1.165) is 18.9 Å². The lowest BCUT2D eigenvalue weighted by Crippen LogP contribution is -2.29. The van der Waals surface area contributed by atoms with Gasteiger partial charge in [-0.05, 0) is 72.3 Å². The molecule has 0 spiro atoms. The molecule has 0 bridgehead atoms. The fourth-order valence-corrected chi connectivity index (χ4v) is 2.33. The zero-order valence-corrected chi connectivity index (χ0v) is 11.1. The summed E-state index contributed by atoms with van der Waals surface area (Å²) in [5.41, 5.74) is 1.17. The standard InChI is InChI=1S/C13H17BrFN/c1-9(11-3-4-11)16-7-6-10-2-5-13(15)12(14)8-10/h2,5,8-9,11,16H,3-4,6-7H2,1H3. The summed E-state index contributed by atoms with van der Waals surface area (Å²) in [4.78, 5) is 0. The normalized spacial score (nSPS) is 17.4. The number of hydrogen-bond donors (Lipinski definition) is 1. The molecule has 1 nitrogen and oxygen atoms in total. The van der Waals surface area contributed by atoms with Gasteiger partial charge in [-0.3, -0.25) is 0 Å². The van der Waals surface area contributed by atoms with E-state index in [1.54, 1.807) is 0 Å². The van der Waals surface area contributed by atoms with Gasteiger partial charge in [0.1, 0.15) is 5.82 Å². The van der Waals surface area contributed by atoms with Crippen molar-refractivity contribution in [3.05, 3.63) is 34.1 Å². The summed E-state index contributed by atoms with van der Waals surface area (Å²) in [6.45, 7) is 3.22. The lowest BCUT2D eigenvalue weighted by Gasteiger charge is -2.12.